The minimum Gasteiger partial charge on any atom is -0.346 e. The van der Waals surface area contributed by atoms with Crippen LogP contribution in [0, 0.1) is 12.8 Å². The van der Waals surface area contributed by atoms with Gasteiger partial charge in [0, 0.05) is 24.0 Å². The Morgan fingerprint density at radius 1 is 1.37 bits per heavy atom. The monoisotopic (exact) mass is 363 g/mol. The Labute approximate surface area is 156 Å². The predicted molar refractivity (Wildman–Crippen MR) is 98.5 cm³/mol. The molecule has 8 nitrogen and oxygen atoms in total. The van der Waals surface area contributed by atoms with E-state index in [-0.39, 0.29) is 17.9 Å². The number of aromatic amines is 1. The predicted octanol–water partition coefficient (Wildman–Crippen LogP) is 1.95. The molecule has 1 amide bonds. The Hall–Kier alpha value is -3.16. The number of hydrogen-bond acceptors (Lipinski definition) is 6. The summed E-state index contributed by atoms with van der Waals surface area (Å²) in [5.41, 5.74) is 3.91. The first-order valence-electron chi connectivity index (χ1n) is 9.03. The molecule has 0 saturated carbocycles. The fourth-order valence-corrected chi connectivity index (χ4v) is 3.32. The standard InChI is InChI=1S/C19H21N7O/c1-11-5-6-21-16(7-11)18-24-17(25-26-18)12(2)23-19(27)13-3-4-15-14(8-13)9-20-10-22-15/h5-7,9-10,12-13H,3-4,8H2,1-2H3,(H,23,27)(H,24,25,26). The lowest BCUT2D eigenvalue weighted by Gasteiger charge is -2.23. The number of carbonyl (C=O) groups is 1. The van der Waals surface area contributed by atoms with Gasteiger partial charge in [0.2, 0.25) is 5.91 Å². The van der Waals surface area contributed by atoms with Gasteiger partial charge < -0.3 is 5.32 Å². The third kappa shape index (κ3) is 3.69. The van der Waals surface area contributed by atoms with Crippen molar-refractivity contribution in [2.75, 3.05) is 0 Å². The molecule has 0 aliphatic heterocycles. The first-order valence-corrected chi connectivity index (χ1v) is 9.03. The summed E-state index contributed by atoms with van der Waals surface area (Å²) in [4.78, 5) is 29.8. The molecule has 2 atom stereocenters. The summed E-state index contributed by atoms with van der Waals surface area (Å²) in [5.74, 6) is 1.08. The van der Waals surface area contributed by atoms with Crippen molar-refractivity contribution < 1.29 is 4.79 Å². The Bertz CT molecular complexity index is 968. The van der Waals surface area contributed by atoms with E-state index in [0.717, 1.165) is 29.7 Å². The zero-order chi connectivity index (χ0) is 18.8. The fraction of sp³-hybridized carbons (Fsp3) is 0.368. The van der Waals surface area contributed by atoms with Crippen molar-refractivity contribution >= 4 is 5.91 Å². The Morgan fingerprint density at radius 3 is 3.11 bits per heavy atom. The molecule has 27 heavy (non-hydrogen) atoms. The van der Waals surface area contributed by atoms with Gasteiger partial charge in [0.15, 0.2) is 5.82 Å². The van der Waals surface area contributed by atoms with Crippen molar-refractivity contribution in [3.05, 3.63) is 53.5 Å². The average molecular weight is 363 g/mol. The highest BCUT2D eigenvalue weighted by molar-refractivity contribution is 5.79. The lowest BCUT2D eigenvalue weighted by atomic mass is 9.86. The summed E-state index contributed by atoms with van der Waals surface area (Å²) in [6, 6.07) is 3.59. The highest BCUT2D eigenvalue weighted by Crippen LogP contribution is 2.24. The molecule has 3 heterocycles. The van der Waals surface area contributed by atoms with Crippen LogP contribution in [0.15, 0.2) is 30.9 Å². The van der Waals surface area contributed by atoms with E-state index in [1.807, 2.05) is 32.2 Å². The van der Waals surface area contributed by atoms with Gasteiger partial charge in [-0.05, 0) is 56.4 Å². The average Bonchev–Trinajstić information content (AvgIpc) is 3.18. The normalized spacial score (nSPS) is 17.2. The number of fused-ring (bicyclic) bond motifs is 1. The number of amides is 1. The van der Waals surface area contributed by atoms with E-state index in [2.05, 4.69) is 35.5 Å². The number of nitrogens with one attached hydrogen (secondary N) is 2. The van der Waals surface area contributed by atoms with E-state index in [0.29, 0.717) is 23.8 Å². The quantitative estimate of drug-likeness (QED) is 0.733. The van der Waals surface area contributed by atoms with Crippen molar-refractivity contribution in [3.63, 3.8) is 0 Å². The van der Waals surface area contributed by atoms with Gasteiger partial charge in [-0.1, -0.05) is 0 Å². The summed E-state index contributed by atoms with van der Waals surface area (Å²) >= 11 is 0. The summed E-state index contributed by atoms with van der Waals surface area (Å²) < 4.78 is 0. The molecule has 2 unspecified atom stereocenters. The summed E-state index contributed by atoms with van der Waals surface area (Å²) in [6.45, 7) is 3.89. The van der Waals surface area contributed by atoms with Crippen molar-refractivity contribution in [3.8, 4) is 11.5 Å². The van der Waals surface area contributed by atoms with Crippen molar-refractivity contribution in [2.45, 2.75) is 39.2 Å². The zero-order valence-corrected chi connectivity index (χ0v) is 15.3. The van der Waals surface area contributed by atoms with Crippen LogP contribution in [0.5, 0.6) is 0 Å². The molecule has 4 rings (SSSR count). The number of aromatic nitrogens is 6. The number of hydrogen-bond donors (Lipinski definition) is 2. The van der Waals surface area contributed by atoms with E-state index >= 15 is 0 Å². The van der Waals surface area contributed by atoms with Crippen LogP contribution in [-0.2, 0) is 17.6 Å². The number of aryl methyl sites for hydroxylation is 2. The molecule has 0 bridgehead atoms. The molecule has 0 saturated heterocycles. The van der Waals surface area contributed by atoms with Crippen LogP contribution in [0.25, 0.3) is 11.5 Å². The van der Waals surface area contributed by atoms with E-state index in [1.54, 1.807) is 12.5 Å². The van der Waals surface area contributed by atoms with Gasteiger partial charge in [-0.15, -0.1) is 0 Å². The Morgan fingerprint density at radius 2 is 2.26 bits per heavy atom. The van der Waals surface area contributed by atoms with E-state index in [9.17, 15) is 4.79 Å². The molecule has 2 N–H and O–H groups in total. The molecule has 1 aliphatic rings. The number of pyridine rings is 1. The highest BCUT2D eigenvalue weighted by Gasteiger charge is 2.27. The Kier molecular flexibility index (Phi) is 4.62. The maximum atomic E-state index is 12.7. The molecule has 8 heteroatoms. The van der Waals surface area contributed by atoms with Crippen LogP contribution in [0.1, 0.15) is 42.0 Å². The number of nitrogens with zero attached hydrogens (tertiary/aromatic N) is 5. The van der Waals surface area contributed by atoms with Gasteiger partial charge in [-0.2, -0.15) is 5.10 Å². The molecular weight excluding hydrogens is 342 g/mol. The van der Waals surface area contributed by atoms with Crippen LogP contribution in [-0.4, -0.2) is 36.0 Å². The molecule has 0 aromatic carbocycles. The molecule has 0 radical (unpaired) electrons. The number of rotatable bonds is 4. The molecule has 3 aromatic rings. The molecule has 138 valence electrons. The van der Waals surface area contributed by atoms with Gasteiger partial charge in [0.05, 0.1) is 6.04 Å². The maximum Gasteiger partial charge on any atom is 0.224 e. The summed E-state index contributed by atoms with van der Waals surface area (Å²) in [7, 11) is 0. The number of H-pyrrole nitrogens is 1. The lowest BCUT2D eigenvalue weighted by Crippen LogP contribution is -2.36. The van der Waals surface area contributed by atoms with Gasteiger partial charge in [-0.3, -0.25) is 14.9 Å². The second-order valence-electron chi connectivity index (χ2n) is 6.93. The van der Waals surface area contributed by atoms with Gasteiger partial charge in [0.1, 0.15) is 17.8 Å². The number of carbonyl (C=O) groups excluding carboxylic acids is 1. The van der Waals surface area contributed by atoms with Gasteiger partial charge in [0.25, 0.3) is 0 Å². The SMILES string of the molecule is Cc1ccnc(-c2n[nH]c(C(C)NC(=O)C3CCc4ncncc4C3)n2)c1. The summed E-state index contributed by atoms with van der Waals surface area (Å²) in [6.07, 6.45) is 7.36. The van der Waals surface area contributed by atoms with Crippen molar-refractivity contribution in [2.24, 2.45) is 5.92 Å². The molecule has 0 fully saturated rings. The zero-order valence-electron chi connectivity index (χ0n) is 15.3. The fourth-order valence-electron chi connectivity index (χ4n) is 3.32. The van der Waals surface area contributed by atoms with Gasteiger partial charge >= 0.3 is 0 Å². The van der Waals surface area contributed by atoms with Crippen LogP contribution < -0.4 is 5.32 Å². The second kappa shape index (κ2) is 7.22. The van der Waals surface area contributed by atoms with E-state index in [1.165, 1.54) is 0 Å². The third-order valence-electron chi connectivity index (χ3n) is 4.86. The Balaban J connectivity index is 1.42. The molecule has 0 spiro atoms. The second-order valence-corrected chi connectivity index (χ2v) is 6.93. The minimum atomic E-state index is -0.267. The topological polar surface area (TPSA) is 109 Å². The van der Waals surface area contributed by atoms with Crippen LogP contribution in [0.3, 0.4) is 0 Å². The molecule has 1 aliphatic carbocycles. The maximum absolute atomic E-state index is 12.7. The summed E-state index contributed by atoms with van der Waals surface area (Å²) in [5, 5.41) is 10.2. The molecule has 3 aromatic heterocycles. The van der Waals surface area contributed by atoms with E-state index in [4.69, 9.17) is 0 Å². The highest BCUT2D eigenvalue weighted by atomic mass is 16.1. The minimum absolute atomic E-state index is 0.0173. The van der Waals surface area contributed by atoms with Gasteiger partial charge in [-0.25, -0.2) is 15.0 Å². The first-order chi connectivity index (χ1) is 13.1. The lowest BCUT2D eigenvalue weighted by molar-refractivity contribution is -0.126. The first kappa shape index (κ1) is 17.3. The smallest absolute Gasteiger partial charge is 0.224 e. The molecular formula is C19H21N7O. The third-order valence-corrected chi connectivity index (χ3v) is 4.86. The van der Waals surface area contributed by atoms with E-state index < -0.39 is 0 Å². The van der Waals surface area contributed by atoms with Crippen LogP contribution >= 0.6 is 0 Å². The van der Waals surface area contributed by atoms with Crippen LogP contribution in [0.4, 0.5) is 0 Å². The van der Waals surface area contributed by atoms with Crippen molar-refractivity contribution in [1.82, 2.24) is 35.5 Å². The van der Waals surface area contributed by atoms with Crippen LogP contribution in [0.2, 0.25) is 0 Å². The van der Waals surface area contributed by atoms with Crippen molar-refractivity contribution in [1.29, 1.82) is 0 Å². The largest absolute Gasteiger partial charge is 0.346 e.